The molecular formula is C18H28N3NaO6S. The predicted octanol–water partition coefficient (Wildman–Crippen LogP) is -3.01. The first-order valence-corrected chi connectivity index (χ1v) is 10.7. The van der Waals surface area contributed by atoms with Crippen LogP contribution >= 0.6 is 11.8 Å². The van der Waals surface area contributed by atoms with Crippen molar-refractivity contribution in [2.75, 3.05) is 12.3 Å². The first kappa shape index (κ1) is 26.1. The number of carboxylic acids is 2. The van der Waals surface area contributed by atoms with Gasteiger partial charge in [-0.05, 0) is 32.1 Å². The van der Waals surface area contributed by atoms with E-state index in [9.17, 15) is 24.3 Å². The van der Waals surface area contributed by atoms with E-state index in [1.54, 1.807) is 0 Å². The fraction of sp³-hybridized carbons (Fsp3) is 0.778. The van der Waals surface area contributed by atoms with Gasteiger partial charge in [0.05, 0.1) is 12.1 Å². The normalized spacial score (nSPS) is 24.8. The molecule has 0 saturated carbocycles. The fourth-order valence-corrected chi connectivity index (χ4v) is 5.40. The van der Waals surface area contributed by atoms with Crippen molar-refractivity contribution in [3.05, 3.63) is 0 Å². The Morgan fingerprint density at radius 2 is 1.79 bits per heavy atom. The van der Waals surface area contributed by atoms with Gasteiger partial charge in [0, 0.05) is 24.7 Å². The quantitative estimate of drug-likeness (QED) is 0.136. The van der Waals surface area contributed by atoms with Gasteiger partial charge in [0.1, 0.15) is 4.75 Å². The van der Waals surface area contributed by atoms with Crippen molar-refractivity contribution in [1.82, 2.24) is 16.0 Å². The number of unbranched alkanes of at least 4 members (excludes halogenated alkanes) is 4. The molecule has 158 valence electrons. The molecule has 0 unspecified atom stereocenters. The Bertz CT molecular complexity index is 608. The Morgan fingerprint density at radius 3 is 2.48 bits per heavy atom. The third kappa shape index (κ3) is 7.66. The van der Waals surface area contributed by atoms with Crippen LogP contribution in [-0.4, -0.2) is 58.1 Å². The first-order chi connectivity index (χ1) is 13.3. The van der Waals surface area contributed by atoms with E-state index in [0.717, 1.165) is 19.3 Å². The van der Waals surface area contributed by atoms with Crippen molar-refractivity contribution in [2.24, 2.45) is 0 Å². The number of carboxylic acid groups (broad SMARTS) is 2. The van der Waals surface area contributed by atoms with Gasteiger partial charge < -0.3 is 31.0 Å². The van der Waals surface area contributed by atoms with Gasteiger partial charge in [-0.2, -0.15) is 0 Å². The molecule has 2 heterocycles. The number of hydrogen-bond donors (Lipinski definition) is 4. The van der Waals surface area contributed by atoms with Gasteiger partial charge in [0.2, 0.25) is 5.91 Å². The Kier molecular flexibility index (Phi) is 11.4. The number of nitrogens with one attached hydrogen (secondary N) is 3. The third-order valence-corrected chi connectivity index (χ3v) is 6.88. The molecule has 29 heavy (non-hydrogen) atoms. The molecule has 2 fully saturated rings. The Balaban J connectivity index is 0.00000420. The largest absolute Gasteiger partial charge is 1.00 e. The van der Waals surface area contributed by atoms with E-state index in [0.29, 0.717) is 38.0 Å². The molecular weight excluding hydrogens is 409 g/mol. The second kappa shape index (κ2) is 12.7. The number of carbonyl (C=O) groups is 4. The van der Waals surface area contributed by atoms with Gasteiger partial charge in [-0.3, -0.25) is 9.59 Å². The third-order valence-electron chi connectivity index (χ3n) is 5.19. The summed E-state index contributed by atoms with van der Waals surface area (Å²) in [4.78, 5) is 45.8. The number of fused-ring (bicyclic) bond motifs is 1. The number of amides is 3. The first-order valence-electron chi connectivity index (χ1n) is 9.76. The topological polar surface area (TPSA) is 148 Å². The fourth-order valence-electron chi connectivity index (χ4n) is 3.75. The van der Waals surface area contributed by atoms with E-state index in [1.165, 1.54) is 11.8 Å². The average molecular weight is 437 g/mol. The summed E-state index contributed by atoms with van der Waals surface area (Å²) in [5, 5.41) is 27.8. The second-order valence-electron chi connectivity index (χ2n) is 7.30. The summed E-state index contributed by atoms with van der Waals surface area (Å²) in [6, 6.07) is -0.684. The van der Waals surface area contributed by atoms with Gasteiger partial charge in [-0.1, -0.05) is 19.3 Å². The van der Waals surface area contributed by atoms with Crippen LogP contribution in [0.3, 0.4) is 0 Å². The summed E-state index contributed by atoms with van der Waals surface area (Å²) in [7, 11) is 0. The van der Waals surface area contributed by atoms with Crippen LogP contribution in [0.15, 0.2) is 0 Å². The zero-order valence-electron chi connectivity index (χ0n) is 16.8. The van der Waals surface area contributed by atoms with Gasteiger partial charge in [0.15, 0.2) is 0 Å². The van der Waals surface area contributed by atoms with Crippen LogP contribution in [-0.2, 0) is 14.4 Å². The van der Waals surface area contributed by atoms with Crippen molar-refractivity contribution < 1.29 is 58.9 Å². The minimum atomic E-state index is -1.04. The van der Waals surface area contributed by atoms with Crippen molar-refractivity contribution in [2.45, 2.75) is 74.6 Å². The molecule has 0 radical (unpaired) electrons. The summed E-state index contributed by atoms with van der Waals surface area (Å²) < 4.78 is -0.794. The van der Waals surface area contributed by atoms with Crippen LogP contribution in [0.1, 0.15) is 57.8 Å². The van der Waals surface area contributed by atoms with Gasteiger partial charge in [-0.15, -0.1) is 11.8 Å². The van der Waals surface area contributed by atoms with Crippen LogP contribution in [0, 0.1) is 0 Å². The monoisotopic (exact) mass is 437 g/mol. The van der Waals surface area contributed by atoms with E-state index in [2.05, 4.69) is 16.0 Å². The smallest absolute Gasteiger partial charge is 0.550 e. The van der Waals surface area contributed by atoms with Crippen LogP contribution in [0.2, 0.25) is 0 Å². The maximum Gasteiger partial charge on any atom is 1.00 e. The molecule has 0 aliphatic carbocycles. The minimum Gasteiger partial charge on any atom is -0.550 e. The van der Waals surface area contributed by atoms with Crippen molar-refractivity contribution >= 4 is 35.6 Å². The summed E-state index contributed by atoms with van der Waals surface area (Å²) >= 11 is 1.52. The van der Waals surface area contributed by atoms with E-state index < -0.39 is 16.7 Å². The molecule has 2 rings (SSSR count). The maximum absolute atomic E-state index is 13.0. The van der Waals surface area contributed by atoms with Crippen LogP contribution in [0.5, 0.6) is 0 Å². The van der Waals surface area contributed by atoms with Crippen molar-refractivity contribution in [3.63, 3.8) is 0 Å². The molecule has 2 aliphatic heterocycles. The van der Waals surface area contributed by atoms with Gasteiger partial charge in [0.25, 0.3) is 0 Å². The van der Waals surface area contributed by atoms with Crippen molar-refractivity contribution in [1.29, 1.82) is 0 Å². The molecule has 11 heteroatoms. The zero-order chi connectivity index (χ0) is 20.6. The van der Waals surface area contributed by atoms with Gasteiger partial charge in [-0.25, -0.2) is 4.79 Å². The number of carbonyl (C=O) groups excluding carboxylic acids is 3. The number of urea groups is 1. The molecule has 9 nitrogen and oxygen atoms in total. The number of thioether (sulfide) groups is 1. The van der Waals surface area contributed by atoms with Crippen LogP contribution < -0.4 is 50.6 Å². The molecule has 2 aliphatic rings. The molecule has 0 aromatic heterocycles. The molecule has 4 N–H and O–H groups in total. The SMILES string of the molecule is O=C([O-])CCCCCCNC(=O)[C@@]1(CCCCC(=O)O)SC[C@@H]2NC(=O)N[C@@H]21.[Na+]. The van der Waals surface area contributed by atoms with Gasteiger partial charge >= 0.3 is 41.6 Å². The average Bonchev–Trinajstić information content (AvgIpc) is 3.15. The van der Waals surface area contributed by atoms with Crippen LogP contribution in [0.25, 0.3) is 0 Å². The predicted molar refractivity (Wildman–Crippen MR) is 102 cm³/mol. The summed E-state index contributed by atoms with van der Waals surface area (Å²) in [6.45, 7) is 0.486. The molecule has 0 aromatic carbocycles. The molecule has 0 spiro atoms. The summed E-state index contributed by atoms with van der Waals surface area (Å²) in [5.74, 6) is -1.39. The minimum absolute atomic E-state index is 0. The summed E-state index contributed by atoms with van der Waals surface area (Å²) in [6.07, 6.45) is 4.60. The van der Waals surface area contributed by atoms with Crippen LogP contribution in [0.4, 0.5) is 4.79 Å². The number of hydrogen-bond acceptors (Lipinski definition) is 6. The number of aliphatic carboxylic acids is 2. The Morgan fingerprint density at radius 1 is 1.10 bits per heavy atom. The molecule has 0 bridgehead atoms. The maximum atomic E-state index is 13.0. The molecule has 0 aromatic rings. The van der Waals surface area contributed by atoms with E-state index in [-0.39, 0.29) is 66.4 Å². The Hall–Kier alpha value is -0.970. The number of rotatable bonds is 13. The van der Waals surface area contributed by atoms with E-state index in [1.807, 2.05) is 0 Å². The molecule has 2 saturated heterocycles. The van der Waals surface area contributed by atoms with E-state index >= 15 is 0 Å². The van der Waals surface area contributed by atoms with Crippen molar-refractivity contribution in [3.8, 4) is 0 Å². The molecule has 3 atom stereocenters. The summed E-state index contributed by atoms with van der Waals surface area (Å²) in [5.41, 5.74) is 0. The molecule has 3 amide bonds. The Labute approximate surface area is 196 Å². The second-order valence-corrected chi connectivity index (χ2v) is 8.65. The van der Waals surface area contributed by atoms with E-state index in [4.69, 9.17) is 5.11 Å². The standard InChI is InChI=1S/C18H29N3O6S.Na/c22-13(23)7-3-1-2-6-10-19-16(26)18(9-5-4-8-14(24)25)15-12(11-28-18)20-17(27)21-15;/h12,15H,1-11H2,(H,19,26)(H,22,23)(H,24,25)(H2,20,21,27);/q;+1/p-1/t12-,15-,18-;/m0./s1. The zero-order valence-corrected chi connectivity index (χ0v) is 19.6.